The molecule has 0 radical (unpaired) electrons. The van der Waals surface area contributed by atoms with Gasteiger partial charge in [-0.1, -0.05) is 18.2 Å². The van der Waals surface area contributed by atoms with Crippen LogP contribution in [-0.2, 0) is 13.1 Å². The molecule has 0 saturated carbocycles. The SMILES string of the molecule is CN(Cc1ccc(N)cc1)Cc1cccs1. The van der Waals surface area contributed by atoms with Crippen LogP contribution >= 0.6 is 11.3 Å². The van der Waals surface area contributed by atoms with Gasteiger partial charge in [-0.15, -0.1) is 11.3 Å². The number of hydrogen-bond donors (Lipinski definition) is 1. The van der Waals surface area contributed by atoms with Crippen molar-refractivity contribution < 1.29 is 0 Å². The normalized spacial score (nSPS) is 10.9. The molecule has 0 aliphatic carbocycles. The molecule has 0 aliphatic rings. The Kier molecular flexibility index (Phi) is 3.59. The number of anilines is 1. The quantitative estimate of drug-likeness (QED) is 0.821. The van der Waals surface area contributed by atoms with Crippen molar-refractivity contribution in [3.8, 4) is 0 Å². The molecule has 0 fully saturated rings. The fraction of sp³-hybridized carbons (Fsp3) is 0.231. The van der Waals surface area contributed by atoms with E-state index < -0.39 is 0 Å². The molecular formula is C13H16N2S. The minimum atomic E-state index is 0.824. The average molecular weight is 232 g/mol. The number of nitrogens with two attached hydrogens (primary N) is 1. The van der Waals surface area contributed by atoms with Crippen LogP contribution in [0.25, 0.3) is 0 Å². The molecule has 0 bridgehead atoms. The van der Waals surface area contributed by atoms with Gasteiger partial charge in [0.15, 0.2) is 0 Å². The van der Waals surface area contributed by atoms with E-state index in [1.54, 1.807) is 11.3 Å². The van der Waals surface area contributed by atoms with Gasteiger partial charge in [0.1, 0.15) is 0 Å². The van der Waals surface area contributed by atoms with Crippen molar-refractivity contribution in [1.29, 1.82) is 0 Å². The summed E-state index contributed by atoms with van der Waals surface area (Å²) in [4.78, 5) is 3.70. The second-order valence-electron chi connectivity index (χ2n) is 3.99. The first-order valence-electron chi connectivity index (χ1n) is 5.29. The number of nitrogens with zero attached hydrogens (tertiary/aromatic N) is 1. The summed E-state index contributed by atoms with van der Waals surface area (Å²) in [6.07, 6.45) is 0. The number of benzene rings is 1. The van der Waals surface area contributed by atoms with E-state index in [4.69, 9.17) is 5.73 Å². The van der Waals surface area contributed by atoms with Crippen LogP contribution in [0.1, 0.15) is 10.4 Å². The van der Waals surface area contributed by atoms with E-state index in [0.717, 1.165) is 18.8 Å². The molecule has 0 unspecified atom stereocenters. The minimum absolute atomic E-state index is 0.824. The highest BCUT2D eigenvalue weighted by Gasteiger charge is 2.02. The molecular weight excluding hydrogens is 216 g/mol. The number of rotatable bonds is 4. The standard InChI is InChI=1S/C13H16N2S/c1-15(10-13-3-2-8-16-13)9-11-4-6-12(14)7-5-11/h2-8H,9-10,14H2,1H3. The Bertz CT molecular complexity index is 420. The van der Waals surface area contributed by atoms with Gasteiger partial charge < -0.3 is 5.73 Å². The second kappa shape index (κ2) is 5.14. The minimum Gasteiger partial charge on any atom is -0.399 e. The molecule has 2 nitrogen and oxygen atoms in total. The molecule has 2 aromatic rings. The Morgan fingerprint density at radius 2 is 1.88 bits per heavy atom. The summed E-state index contributed by atoms with van der Waals surface area (Å²) in [5, 5.41) is 2.12. The molecule has 2 rings (SSSR count). The Hall–Kier alpha value is -1.32. The van der Waals surface area contributed by atoms with E-state index in [2.05, 4.69) is 41.6 Å². The van der Waals surface area contributed by atoms with Crippen LogP contribution in [0.4, 0.5) is 5.69 Å². The van der Waals surface area contributed by atoms with Gasteiger partial charge in [-0.05, 0) is 36.2 Å². The molecule has 0 atom stereocenters. The van der Waals surface area contributed by atoms with Gasteiger partial charge in [0.05, 0.1) is 0 Å². The van der Waals surface area contributed by atoms with Gasteiger partial charge in [0, 0.05) is 23.7 Å². The molecule has 0 aliphatic heterocycles. The summed E-state index contributed by atoms with van der Waals surface area (Å²) in [5.41, 5.74) is 7.78. The molecule has 0 spiro atoms. The monoisotopic (exact) mass is 232 g/mol. The third-order valence-corrected chi connectivity index (χ3v) is 3.30. The van der Waals surface area contributed by atoms with Crippen LogP contribution in [0, 0.1) is 0 Å². The predicted molar refractivity (Wildman–Crippen MR) is 70.3 cm³/mol. The largest absolute Gasteiger partial charge is 0.399 e. The summed E-state index contributed by atoms with van der Waals surface area (Å²) in [5.74, 6) is 0. The topological polar surface area (TPSA) is 29.3 Å². The van der Waals surface area contributed by atoms with Crippen LogP contribution < -0.4 is 5.73 Å². The van der Waals surface area contributed by atoms with E-state index in [9.17, 15) is 0 Å². The van der Waals surface area contributed by atoms with E-state index >= 15 is 0 Å². The maximum Gasteiger partial charge on any atom is 0.0328 e. The van der Waals surface area contributed by atoms with E-state index in [1.165, 1.54) is 10.4 Å². The van der Waals surface area contributed by atoms with Crippen molar-refractivity contribution in [2.75, 3.05) is 12.8 Å². The highest BCUT2D eigenvalue weighted by atomic mass is 32.1. The Morgan fingerprint density at radius 1 is 1.12 bits per heavy atom. The van der Waals surface area contributed by atoms with Crippen molar-refractivity contribution in [3.05, 3.63) is 52.2 Å². The van der Waals surface area contributed by atoms with Crippen LogP contribution in [0.5, 0.6) is 0 Å². The Labute approximate surface area is 100 Å². The van der Waals surface area contributed by atoms with Gasteiger partial charge in [-0.2, -0.15) is 0 Å². The molecule has 84 valence electrons. The summed E-state index contributed by atoms with van der Waals surface area (Å²) in [6, 6.07) is 12.3. The van der Waals surface area contributed by atoms with Gasteiger partial charge in [-0.25, -0.2) is 0 Å². The lowest BCUT2D eigenvalue weighted by Gasteiger charge is -2.15. The molecule has 1 aromatic heterocycles. The van der Waals surface area contributed by atoms with Crippen LogP contribution in [0.3, 0.4) is 0 Å². The maximum absolute atomic E-state index is 5.66. The van der Waals surface area contributed by atoms with Crippen molar-refractivity contribution >= 4 is 17.0 Å². The van der Waals surface area contributed by atoms with Gasteiger partial charge >= 0.3 is 0 Å². The van der Waals surface area contributed by atoms with Crippen molar-refractivity contribution in [2.45, 2.75) is 13.1 Å². The summed E-state index contributed by atoms with van der Waals surface area (Å²) in [7, 11) is 2.13. The van der Waals surface area contributed by atoms with Crippen molar-refractivity contribution in [1.82, 2.24) is 4.90 Å². The molecule has 0 amide bonds. The molecule has 1 aromatic carbocycles. The van der Waals surface area contributed by atoms with E-state index in [0.29, 0.717) is 0 Å². The van der Waals surface area contributed by atoms with Gasteiger partial charge in [-0.3, -0.25) is 4.90 Å². The predicted octanol–water partition coefficient (Wildman–Crippen LogP) is 2.96. The lowest BCUT2D eigenvalue weighted by molar-refractivity contribution is 0.322. The first-order valence-corrected chi connectivity index (χ1v) is 6.17. The summed E-state index contributed by atoms with van der Waals surface area (Å²) < 4.78 is 0. The van der Waals surface area contributed by atoms with Crippen molar-refractivity contribution in [3.63, 3.8) is 0 Å². The second-order valence-corrected chi connectivity index (χ2v) is 5.03. The van der Waals surface area contributed by atoms with Crippen LogP contribution in [0.2, 0.25) is 0 Å². The number of thiophene rings is 1. The molecule has 1 heterocycles. The molecule has 2 N–H and O–H groups in total. The fourth-order valence-corrected chi connectivity index (χ4v) is 2.44. The van der Waals surface area contributed by atoms with Gasteiger partial charge in [0.25, 0.3) is 0 Å². The first-order chi connectivity index (χ1) is 7.74. The summed E-state index contributed by atoms with van der Waals surface area (Å²) in [6.45, 7) is 1.96. The number of nitrogen functional groups attached to an aromatic ring is 1. The van der Waals surface area contributed by atoms with Gasteiger partial charge in [0.2, 0.25) is 0 Å². The van der Waals surface area contributed by atoms with E-state index in [1.807, 2.05) is 12.1 Å². The maximum atomic E-state index is 5.66. The van der Waals surface area contributed by atoms with E-state index in [-0.39, 0.29) is 0 Å². The number of hydrogen-bond acceptors (Lipinski definition) is 3. The smallest absolute Gasteiger partial charge is 0.0328 e. The highest BCUT2D eigenvalue weighted by Crippen LogP contribution is 2.13. The Morgan fingerprint density at radius 3 is 2.50 bits per heavy atom. The van der Waals surface area contributed by atoms with Crippen LogP contribution in [0.15, 0.2) is 41.8 Å². The third kappa shape index (κ3) is 3.08. The first kappa shape index (κ1) is 11.2. The molecule has 0 saturated heterocycles. The third-order valence-electron chi connectivity index (χ3n) is 2.44. The lowest BCUT2D eigenvalue weighted by Crippen LogP contribution is -2.16. The fourth-order valence-electron chi connectivity index (χ4n) is 1.66. The zero-order valence-electron chi connectivity index (χ0n) is 9.39. The highest BCUT2D eigenvalue weighted by molar-refractivity contribution is 7.09. The zero-order valence-corrected chi connectivity index (χ0v) is 10.2. The lowest BCUT2D eigenvalue weighted by atomic mass is 10.2. The molecule has 16 heavy (non-hydrogen) atoms. The molecule has 3 heteroatoms. The average Bonchev–Trinajstić information content (AvgIpc) is 2.74. The zero-order chi connectivity index (χ0) is 11.4. The van der Waals surface area contributed by atoms with Crippen molar-refractivity contribution in [2.24, 2.45) is 0 Å². The Balaban J connectivity index is 1.92. The summed E-state index contributed by atoms with van der Waals surface area (Å²) >= 11 is 1.80. The van der Waals surface area contributed by atoms with Crippen LogP contribution in [-0.4, -0.2) is 11.9 Å².